The van der Waals surface area contributed by atoms with Crippen LogP contribution in [0.2, 0.25) is 10.0 Å². The van der Waals surface area contributed by atoms with Gasteiger partial charge in [-0.1, -0.05) is 23.2 Å². The first kappa shape index (κ1) is 19.1. The van der Waals surface area contributed by atoms with Gasteiger partial charge in [-0.15, -0.1) is 0 Å². The van der Waals surface area contributed by atoms with E-state index in [1.165, 1.54) is 7.11 Å². The summed E-state index contributed by atoms with van der Waals surface area (Å²) in [5, 5.41) is 4.32. The quantitative estimate of drug-likeness (QED) is 0.600. The number of hydrogen-bond acceptors (Lipinski definition) is 4. The summed E-state index contributed by atoms with van der Waals surface area (Å²) in [7, 11) is 1.34. The topological polar surface area (TPSA) is 80.4 Å². The molecule has 0 fully saturated rings. The van der Waals surface area contributed by atoms with E-state index in [4.69, 9.17) is 32.7 Å². The van der Waals surface area contributed by atoms with Crippen LogP contribution in [-0.2, 0) is 20.7 Å². The molecule has 0 spiro atoms. The summed E-state index contributed by atoms with van der Waals surface area (Å²) >= 11 is 11.9. The summed E-state index contributed by atoms with van der Waals surface area (Å²) in [5.41, 5.74) is 2.11. The van der Waals surface area contributed by atoms with E-state index < -0.39 is 0 Å². The number of anilines is 1. The molecule has 0 aliphatic rings. The fourth-order valence-corrected chi connectivity index (χ4v) is 3.00. The highest BCUT2D eigenvalue weighted by Gasteiger charge is 2.11. The number of nitrogens with one attached hydrogen (secondary N) is 2. The number of aromatic nitrogens is 1. The Labute approximate surface area is 165 Å². The molecule has 0 unspecified atom stereocenters. The molecular formula is C19H16Cl2N2O4. The molecule has 0 radical (unpaired) electrons. The summed E-state index contributed by atoms with van der Waals surface area (Å²) in [5.74, 6) is -0.185. The highest BCUT2D eigenvalue weighted by atomic mass is 35.5. The highest BCUT2D eigenvalue weighted by Crippen LogP contribution is 2.26. The Morgan fingerprint density at radius 2 is 1.96 bits per heavy atom. The Morgan fingerprint density at radius 1 is 1.15 bits per heavy atom. The second-order valence-electron chi connectivity index (χ2n) is 5.74. The fraction of sp³-hybridized carbons (Fsp3) is 0.158. The molecule has 140 valence electrons. The number of H-pyrrole nitrogens is 1. The molecule has 0 saturated heterocycles. The molecule has 3 rings (SSSR count). The monoisotopic (exact) mass is 406 g/mol. The van der Waals surface area contributed by atoms with E-state index in [9.17, 15) is 9.59 Å². The SMILES string of the molecule is COC(=O)Cc1c[nH]c2ccc(OCC(=O)Nc3ccc(Cl)cc3Cl)cc12. The zero-order valence-electron chi connectivity index (χ0n) is 14.3. The van der Waals surface area contributed by atoms with Crippen molar-refractivity contribution in [3.63, 3.8) is 0 Å². The van der Waals surface area contributed by atoms with Crippen molar-refractivity contribution in [2.75, 3.05) is 19.0 Å². The van der Waals surface area contributed by atoms with Crippen LogP contribution in [0.15, 0.2) is 42.6 Å². The van der Waals surface area contributed by atoms with Gasteiger partial charge in [0.2, 0.25) is 0 Å². The van der Waals surface area contributed by atoms with Crippen LogP contribution in [0.1, 0.15) is 5.56 Å². The van der Waals surface area contributed by atoms with E-state index in [-0.39, 0.29) is 24.9 Å². The van der Waals surface area contributed by atoms with Crippen molar-refractivity contribution < 1.29 is 19.1 Å². The average molecular weight is 407 g/mol. The minimum atomic E-state index is -0.358. The minimum absolute atomic E-state index is 0.148. The average Bonchev–Trinajstić information content (AvgIpc) is 3.04. The van der Waals surface area contributed by atoms with Crippen molar-refractivity contribution in [3.8, 4) is 5.75 Å². The van der Waals surface area contributed by atoms with Gasteiger partial charge in [0.05, 0.1) is 24.2 Å². The third-order valence-corrected chi connectivity index (χ3v) is 4.42. The summed E-state index contributed by atoms with van der Waals surface area (Å²) in [4.78, 5) is 26.7. The van der Waals surface area contributed by atoms with Gasteiger partial charge in [-0.3, -0.25) is 9.59 Å². The molecule has 0 bridgehead atoms. The molecular weight excluding hydrogens is 391 g/mol. The number of carbonyl (C=O) groups is 2. The maximum absolute atomic E-state index is 12.1. The molecule has 0 saturated carbocycles. The van der Waals surface area contributed by atoms with Gasteiger partial charge in [0.15, 0.2) is 6.61 Å². The van der Waals surface area contributed by atoms with Crippen molar-refractivity contribution in [1.82, 2.24) is 4.98 Å². The highest BCUT2D eigenvalue weighted by molar-refractivity contribution is 6.36. The Morgan fingerprint density at radius 3 is 2.70 bits per heavy atom. The first-order valence-corrected chi connectivity index (χ1v) is 8.76. The lowest BCUT2D eigenvalue weighted by Gasteiger charge is -2.09. The normalized spacial score (nSPS) is 10.6. The summed E-state index contributed by atoms with van der Waals surface area (Å²) in [6.07, 6.45) is 1.90. The number of carbonyl (C=O) groups excluding carboxylic acids is 2. The fourth-order valence-electron chi connectivity index (χ4n) is 2.55. The number of hydrogen-bond donors (Lipinski definition) is 2. The Balaban J connectivity index is 1.66. The third kappa shape index (κ3) is 4.72. The van der Waals surface area contributed by atoms with E-state index in [0.717, 1.165) is 16.5 Å². The lowest BCUT2D eigenvalue weighted by Crippen LogP contribution is -2.20. The zero-order valence-corrected chi connectivity index (χ0v) is 15.9. The van der Waals surface area contributed by atoms with Crippen LogP contribution in [0.3, 0.4) is 0 Å². The van der Waals surface area contributed by atoms with Crippen molar-refractivity contribution in [2.24, 2.45) is 0 Å². The number of benzene rings is 2. The van der Waals surface area contributed by atoms with Gasteiger partial charge in [0.25, 0.3) is 5.91 Å². The Hall–Kier alpha value is -2.70. The van der Waals surface area contributed by atoms with Crippen molar-refractivity contribution in [2.45, 2.75) is 6.42 Å². The molecule has 8 heteroatoms. The summed E-state index contributed by atoms with van der Waals surface area (Å²) in [6, 6.07) is 10.1. The van der Waals surface area contributed by atoms with Crippen LogP contribution < -0.4 is 10.1 Å². The molecule has 6 nitrogen and oxygen atoms in total. The first-order chi connectivity index (χ1) is 13.0. The molecule has 1 heterocycles. The number of esters is 1. The van der Waals surface area contributed by atoms with E-state index in [2.05, 4.69) is 10.3 Å². The number of amides is 1. The van der Waals surface area contributed by atoms with Gasteiger partial charge in [-0.25, -0.2) is 0 Å². The van der Waals surface area contributed by atoms with E-state index in [1.54, 1.807) is 36.5 Å². The first-order valence-electron chi connectivity index (χ1n) is 8.01. The van der Waals surface area contributed by atoms with Gasteiger partial charge in [-0.2, -0.15) is 0 Å². The maximum atomic E-state index is 12.1. The smallest absolute Gasteiger partial charge is 0.310 e. The van der Waals surface area contributed by atoms with Crippen molar-refractivity contribution in [1.29, 1.82) is 0 Å². The van der Waals surface area contributed by atoms with Crippen LogP contribution in [0.4, 0.5) is 5.69 Å². The molecule has 0 atom stereocenters. The molecule has 2 aromatic carbocycles. The van der Waals surface area contributed by atoms with Crippen molar-refractivity contribution in [3.05, 3.63) is 58.2 Å². The largest absolute Gasteiger partial charge is 0.484 e. The predicted molar refractivity (Wildman–Crippen MR) is 105 cm³/mol. The number of methoxy groups -OCH3 is 1. The van der Waals surface area contributed by atoms with E-state index in [1.807, 2.05) is 6.07 Å². The standard InChI is InChI=1S/C19H16Cl2N2O4/c1-26-19(25)6-11-9-22-16-5-3-13(8-14(11)16)27-10-18(24)23-17-4-2-12(20)7-15(17)21/h2-5,7-9,22H,6,10H2,1H3,(H,23,24). The van der Waals surface area contributed by atoms with Crippen LogP contribution in [0.5, 0.6) is 5.75 Å². The molecule has 1 aromatic heterocycles. The minimum Gasteiger partial charge on any atom is -0.484 e. The number of rotatable bonds is 6. The second-order valence-corrected chi connectivity index (χ2v) is 6.58. The van der Waals surface area contributed by atoms with Gasteiger partial charge >= 0.3 is 5.97 Å². The third-order valence-electron chi connectivity index (χ3n) is 3.88. The molecule has 0 aliphatic heterocycles. The number of fused-ring (bicyclic) bond motifs is 1. The molecule has 1 amide bonds. The second kappa shape index (κ2) is 8.33. The van der Waals surface area contributed by atoms with Gasteiger partial charge in [0, 0.05) is 22.1 Å². The lowest BCUT2D eigenvalue weighted by atomic mass is 10.1. The predicted octanol–water partition coefficient (Wildman–Crippen LogP) is 4.21. The molecule has 27 heavy (non-hydrogen) atoms. The van der Waals surface area contributed by atoms with Crippen molar-refractivity contribution >= 4 is 51.7 Å². The van der Waals surface area contributed by atoms with E-state index >= 15 is 0 Å². The van der Waals surface area contributed by atoms with Gasteiger partial charge < -0.3 is 19.8 Å². The number of ether oxygens (including phenoxy) is 2. The zero-order chi connectivity index (χ0) is 19.4. The van der Waals surface area contributed by atoms with E-state index in [0.29, 0.717) is 21.5 Å². The summed E-state index contributed by atoms with van der Waals surface area (Å²) in [6.45, 7) is -0.193. The maximum Gasteiger partial charge on any atom is 0.310 e. The lowest BCUT2D eigenvalue weighted by molar-refractivity contribution is -0.139. The molecule has 3 aromatic rings. The number of halogens is 2. The number of aromatic amines is 1. The Kier molecular flexibility index (Phi) is 5.88. The van der Waals surface area contributed by atoms with Crippen LogP contribution in [-0.4, -0.2) is 30.6 Å². The van der Waals surface area contributed by atoms with Crippen LogP contribution in [0.25, 0.3) is 10.9 Å². The molecule has 0 aliphatic carbocycles. The van der Waals surface area contributed by atoms with Crippen LogP contribution in [0, 0.1) is 0 Å². The Bertz CT molecular complexity index is 1000. The summed E-state index contributed by atoms with van der Waals surface area (Å²) < 4.78 is 10.3. The van der Waals surface area contributed by atoms with Gasteiger partial charge in [0.1, 0.15) is 5.75 Å². The van der Waals surface area contributed by atoms with Crippen LogP contribution >= 0.6 is 23.2 Å². The van der Waals surface area contributed by atoms with Gasteiger partial charge in [-0.05, 0) is 42.0 Å². The molecule has 2 N–H and O–H groups in total.